The molecule has 1 N–H and O–H groups in total. The second-order valence-corrected chi connectivity index (χ2v) is 3.97. The number of likely N-dealkylation sites (N-methyl/N-ethyl adjacent to an activating group) is 1. The van der Waals surface area contributed by atoms with Gasteiger partial charge in [0.25, 0.3) is 0 Å². The highest BCUT2D eigenvalue weighted by atomic mass is 15.3. The van der Waals surface area contributed by atoms with Crippen LogP contribution in [0.25, 0.3) is 6.08 Å². The Balaban J connectivity index is 1.98. The van der Waals surface area contributed by atoms with Gasteiger partial charge in [0.2, 0.25) is 5.95 Å². The van der Waals surface area contributed by atoms with Gasteiger partial charge in [0.15, 0.2) is 0 Å². The average Bonchev–Trinajstić information content (AvgIpc) is 2.84. The van der Waals surface area contributed by atoms with Crippen LogP contribution in [0.3, 0.4) is 0 Å². The Kier molecular flexibility index (Phi) is 3.88. The molecule has 1 saturated heterocycles. The molecule has 1 aliphatic heterocycles. The van der Waals surface area contributed by atoms with Crippen molar-refractivity contribution in [1.82, 2.24) is 15.3 Å². The maximum absolute atomic E-state index is 4.38. The molecule has 16 heavy (non-hydrogen) atoms. The van der Waals surface area contributed by atoms with Gasteiger partial charge in [-0.05, 0) is 19.9 Å². The highest BCUT2D eigenvalue weighted by molar-refractivity contribution is 5.48. The number of rotatable bonds is 4. The van der Waals surface area contributed by atoms with E-state index in [0.717, 1.165) is 31.1 Å². The molecule has 4 heteroatoms. The SMILES string of the molecule is CNCC=Cc1cnc(N2CCCC2)nc1. The number of hydrogen-bond acceptors (Lipinski definition) is 4. The third-order valence-corrected chi connectivity index (χ3v) is 2.68. The maximum Gasteiger partial charge on any atom is 0.225 e. The second kappa shape index (κ2) is 5.61. The lowest BCUT2D eigenvalue weighted by Gasteiger charge is -2.14. The van der Waals surface area contributed by atoms with Crippen LogP contribution >= 0.6 is 0 Å². The normalized spacial score (nSPS) is 16.2. The minimum absolute atomic E-state index is 0.864. The molecule has 0 amide bonds. The van der Waals surface area contributed by atoms with Crippen LogP contribution < -0.4 is 10.2 Å². The fourth-order valence-electron chi connectivity index (χ4n) is 1.81. The summed E-state index contributed by atoms with van der Waals surface area (Å²) < 4.78 is 0. The van der Waals surface area contributed by atoms with Gasteiger partial charge in [-0.25, -0.2) is 9.97 Å². The van der Waals surface area contributed by atoms with E-state index in [2.05, 4.69) is 26.3 Å². The van der Waals surface area contributed by atoms with Crippen LogP contribution in [0, 0.1) is 0 Å². The van der Waals surface area contributed by atoms with E-state index in [9.17, 15) is 0 Å². The lowest BCUT2D eigenvalue weighted by atomic mass is 10.3. The Morgan fingerprint density at radius 2 is 2.00 bits per heavy atom. The molecule has 0 atom stereocenters. The highest BCUT2D eigenvalue weighted by Gasteiger charge is 2.13. The van der Waals surface area contributed by atoms with E-state index in [0.29, 0.717) is 0 Å². The van der Waals surface area contributed by atoms with Gasteiger partial charge in [-0.1, -0.05) is 12.2 Å². The largest absolute Gasteiger partial charge is 0.341 e. The van der Waals surface area contributed by atoms with E-state index in [-0.39, 0.29) is 0 Å². The van der Waals surface area contributed by atoms with Crippen molar-refractivity contribution in [3.8, 4) is 0 Å². The molecule has 1 aliphatic rings. The molecular weight excluding hydrogens is 200 g/mol. The lowest BCUT2D eigenvalue weighted by molar-refractivity contribution is 0.897. The summed E-state index contributed by atoms with van der Waals surface area (Å²) in [6.45, 7) is 3.05. The van der Waals surface area contributed by atoms with Crippen molar-refractivity contribution in [3.05, 3.63) is 24.0 Å². The Labute approximate surface area is 96.4 Å². The van der Waals surface area contributed by atoms with Crippen molar-refractivity contribution in [2.75, 3.05) is 31.6 Å². The van der Waals surface area contributed by atoms with E-state index in [1.807, 2.05) is 25.5 Å². The summed E-state index contributed by atoms with van der Waals surface area (Å²) in [6, 6.07) is 0. The summed E-state index contributed by atoms with van der Waals surface area (Å²) in [5.41, 5.74) is 1.05. The van der Waals surface area contributed by atoms with Crippen molar-refractivity contribution in [2.24, 2.45) is 0 Å². The fourth-order valence-corrected chi connectivity index (χ4v) is 1.81. The van der Waals surface area contributed by atoms with Crippen molar-refractivity contribution < 1.29 is 0 Å². The summed E-state index contributed by atoms with van der Waals surface area (Å²) in [5.74, 6) is 0.864. The Morgan fingerprint density at radius 3 is 2.62 bits per heavy atom. The molecular formula is C12H18N4. The highest BCUT2D eigenvalue weighted by Crippen LogP contribution is 2.14. The second-order valence-electron chi connectivity index (χ2n) is 3.97. The standard InChI is InChI=1S/C12H18N4/c1-13-6-4-5-11-9-14-12(15-10-11)16-7-2-3-8-16/h4-5,9-10,13H,2-3,6-8H2,1H3. The first-order valence-electron chi connectivity index (χ1n) is 5.78. The zero-order chi connectivity index (χ0) is 11.2. The number of hydrogen-bond donors (Lipinski definition) is 1. The van der Waals surface area contributed by atoms with Crippen LogP contribution in [-0.2, 0) is 0 Å². The number of anilines is 1. The molecule has 0 bridgehead atoms. The minimum Gasteiger partial charge on any atom is -0.341 e. The first-order chi connectivity index (χ1) is 7.90. The van der Waals surface area contributed by atoms with E-state index >= 15 is 0 Å². The maximum atomic E-state index is 4.38. The number of nitrogens with one attached hydrogen (secondary N) is 1. The summed E-state index contributed by atoms with van der Waals surface area (Å²) in [5, 5.41) is 3.06. The average molecular weight is 218 g/mol. The fraction of sp³-hybridized carbons (Fsp3) is 0.500. The van der Waals surface area contributed by atoms with Gasteiger partial charge in [-0.15, -0.1) is 0 Å². The minimum atomic E-state index is 0.864. The summed E-state index contributed by atoms with van der Waals surface area (Å²) in [6.07, 6.45) is 10.4. The molecule has 0 aliphatic carbocycles. The molecule has 1 aromatic heterocycles. The summed E-state index contributed by atoms with van der Waals surface area (Å²) in [7, 11) is 1.93. The first kappa shape index (κ1) is 11.1. The topological polar surface area (TPSA) is 41.1 Å². The molecule has 1 aromatic rings. The number of aromatic nitrogens is 2. The quantitative estimate of drug-likeness (QED) is 0.827. The molecule has 1 fully saturated rings. The third-order valence-electron chi connectivity index (χ3n) is 2.68. The molecule has 0 spiro atoms. The van der Waals surface area contributed by atoms with Crippen molar-refractivity contribution >= 4 is 12.0 Å². The molecule has 2 rings (SSSR count). The molecule has 0 unspecified atom stereocenters. The molecule has 2 heterocycles. The molecule has 4 nitrogen and oxygen atoms in total. The molecule has 86 valence electrons. The van der Waals surface area contributed by atoms with Crippen molar-refractivity contribution in [2.45, 2.75) is 12.8 Å². The van der Waals surface area contributed by atoms with Gasteiger partial charge in [0, 0.05) is 37.6 Å². The smallest absolute Gasteiger partial charge is 0.225 e. The van der Waals surface area contributed by atoms with Gasteiger partial charge in [0.1, 0.15) is 0 Å². The van der Waals surface area contributed by atoms with Crippen LogP contribution in [0.1, 0.15) is 18.4 Å². The van der Waals surface area contributed by atoms with E-state index in [1.165, 1.54) is 12.8 Å². The Bertz CT molecular complexity index is 339. The third kappa shape index (κ3) is 2.79. The van der Waals surface area contributed by atoms with E-state index < -0.39 is 0 Å². The zero-order valence-electron chi connectivity index (χ0n) is 9.69. The predicted molar refractivity (Wildman–Crippen MR) is 66.4 cm³/mol. The molecule has 0 saturated carbocycles. The van der Waals surface area contributed by atoms with Crippen LogP contribution in [0.15, 0.2) is 18.5 Å². The Hall–Kier alpha value is -1.42. The predicted octanol–water partition coefficient (Wildman–Crippen LogP) is 1.31. The lowest BCUT2D eigenvalue weighted by Crippen LogP contribution is -2.20. The molecule has 0 aromatic carbocycles. The van der Waals surface area contributed by atoms with Gasteiger partial charge in [-0.2, -0.15) is 0 Å². The van der Waals surface area contributed by atoms with Crippen LogP contribution in [0.4, 0.5) is 5.95 Å². The van der Waals surface area contributed by atoms with Gasteiger partial charge < -0.3 is 10.2 Å². The summed E-state index contributed by atoms with van der Waals surface area (Å²) in [4.78, 5) is 11.0. The zero-order valence-corrected chi connectivity index (χ0v) is 9.69. The van der Waals surface area contributed by atoms with Gasteiger partial charge in [0.05, 0.1) is 0 Å². The van der Waals surface area contributed by atoms with Crippen LogP contribution in [0.5, 0.6) is 0 Å². The van der Waals surface area contributed by atoms with Crippen molar-refractivity contribution in [3.63, 3.8) is 0 Å². The Morgan fingerprint density at radius 1 is 1.31 bits per heavy atom. The molecule has 0 radical (unpaired) electrons. The van der Waals surface area contributed by atoms with Crippen LogP contribution in [0.2, 0.25) is 0 Å². The number of nitrogens with zero attached hydrogens (tertiary/aromatic N) is 3. The first-order valence-corrected chi connectivity index (χ1v) is 5.78. The van der Waals surface area contributed by atoms with E-state index in [1.54, 1.807) is 0 Å². The van der Waals surface area contributed by atoms with Crippen LogP contribution in [-0.4, -0.2) is 36.6 Å². The van der Waals surface area contributed by atoms with E-state index in [4.69, 9.17) is 0 Å². The summed E-state index contributed by atoms with van der Waals surface area (Å²) >= 11 is 0. The monoisotopic (exact) mass is 218 g/mol. The van der Waals surface area contributed by atoms with Gasteiger partial charge in [-0.3, -0.25) is 0 Å². The van der Waals surface area contributed by atoms with Crippen molar-refractivity contribution in [1.29, 1.82) is 0 Å². The van der Waals surface area contributed by atoms with Gasteiger partial charge >= 0.3 is 0 Å².